The van der Waals surface area contributed by atoms with Crippen LogP contribution in [-0.2, 0) is 0 Å². The van der Waals surface area contributed by atoms with Gasteiger partial charge in [-0.1, -0.05) is 78.3 Å². The largest absolute Gasteiger partial charge is 0.311 e. The van der Waals surface area contributed by atoms with E-state index in [1.54, 1.807) is 0 Å². The van der Waals surface area contributed by atoms with E-state index in [2.05, 4.69) is 102 Å². The van der Waals surface area contributed by atoms with Gasteiger partial charge < -0.3 is 4.90 Å². The summed E-state index contributed by atoms with van der Waals surface area (Å²) in [5.41, 5.74) is 5.76. The van der Waals surface area contributed by atoms with Crippen molar-refractivity contribution >= 4 is 39.4 Å². The third-order valence-corrected chi connectivity index (χ3v) is 5.53. The van der Waals surface area contributed by atoms with Gasteiger partial charge in [-0.15, -0.1) is 0 Å². The van der Waals surface area contributed by atoms with Gasteiger partial charge in [-0.05, 0) is 76.5 Å². The summed E-state index contributed by atoms with van der Waals surface area (Å²) in [5.74, 6) is 0. The highest BCUT2D eigenvalue weighted by molar-refractivity contribution is 6.31. The van der Waals surface area contributed by atoms with E-state index in [1.807, 2.05) is 24.3 Å². The molecule has 0 bridgehead atoms. The molecule has 30 heavy (non-hydrogen) atoms. The first kappa shape index (κ1) is 18.5. The third-order valence-electron chi connectivity index (χ3n) is 5.29. The van der Waals surface area contributed by atoms with Crippen LogP contribution in [0.3, 0.4) is 0 Å². The molecule has 0 heterocycles. The quantitative estimate of drug-likeness (QED) is 0.289. The van der Waals surface area contributed by atoms with Crippen LogP contribution in [0.15, 0.2) is 121 Å². The second kappa shape index (κ2) is 8.06. The molecule has 0 fully saturated rings. The van der Waals surface area contributed by atoms with E-state index < -0.39 is 0 Å². The summed E-state index contributed by atoms with van der Waals surface area (Å²) < 4.78 is 0. The number of benzene rings is 5. The summed E-state index contributed by atoms with van der Waals surface area (Å²) in [6.07, 6.45) is 0. The second-order valence-corrected chi connectivity index (χ2v) is 7.70. The molecule has 5 rings (SSSR count). The molecule has 0 aromatic heterocycles. The van der Waals surface area contributed by atoms with Gasteiger partial charge in [-0.3, -0.25) is 0 Å². The van der Waals surface area contributed by atoms with Gasteiger partial charge in [0.15, 0.2) is 0 Å². The molecule has 2 heteroatoms. The standard InChI is InChI=1S/C28H20ClN/c29-25-16-13-22-11-12-23(19-24(22)20-25)21-14-17-28(18-15-21)30(26-7-3-1-4-8-26)27-9-5-2-6-10-27/h1-20H. The van der Waals surface area contributed by atoms with Gasteiger partial charge in [0.1, 0.15) is 0 Å². The Morgan fingerprint density at radius 2 is 0.967 bits per heavy atom. The van der Waals surface area contributed by atoms with Gasteiger partial charge in [0, 0.05) is 22.1 Å². The van der Waals surface area contributed by atoms with E-state index in [0.29, 0.717) is 0 Å². The minimum atomic E-state index is 0.761. The summed E-state index contributed by atoms with van der Waals surface area (Å²) >= 11 is 6.18. The van der Waals surface area contributed by atoms with Crippen LogP contribution >= 0.6 is 11.6 Å². The number of hydrogen-bond donors (Lipinski definition) is 0. The SMILES string of the molecule is Clc1ccc2ccc(-c3ccc(N(c4ccccc4)c4ccccc4)cc3)cc2c1. The van der Waals surface area contributed by atoms with Gasteiger partial charge in [-0.25, -0.2) is 0 Å². The van der Waals surface area contributed by atoms with E-state index >= 15 is 0 Å². The Hall–Kier alpha value is -3.55. The number of nitrogens with zero attached hydrogens (tertiary/aromatic N) is 1. The average molecular weight is 406 g/mol. The maximum absolute atomic E-state index is 6.18. The molecule has 5 aromatic rings. The summed E-state index contributed by atoms with van der Waals surface area (Å²) in [4.78, 5) is 2.27. The van der Waals surface area contributed by atoms with Crippen LogP contribution in [-0.4, -0.2) is 0 Å². The first-order chi connectivity index (χ1) is 14.8. The number of halogens is 1. The van der Waals surface area contributed by atoms with Gasteiger partial charge >= 0.3 is 0 Å². The highest BCUT2D eigenvalue weighted by atomic mass is 35.5. The van der Waals surface area contributed by atoms with Crippen LogP contribution < -0.4 is 4.90 Å². The Morgan fingerprint density at radius 1 is 0.433 bits per heavy atom. The zero-order valence-electron chi connectivity index (χ0n) is 16.4. The Morgan fingerprint density at radius 3 is 1.60 bits per heavy atom. The van der Waals surface area contributed by atoms with Crippen LogP contribution in [0.4, 0.5) is 17.1 Å². The van der Waals surface area contributed by atoms with Crippen LogP contribution in [0, 0.1) is 0 Å². The normalized spacial score (nSPS) is 10.8. The summed E-state index contributed by atoms with van der Waals surface area (Å²) in [5, 5.41) is 3.11. The zero-order valence-corrected chi connectivity index (χ0v) is 17.1. The van der Waals surface area contributed by atoms with Crippen molar-refractivity contribution in [1.29, 1.82) is 0 Å². The lowest BCUT2D eigenvalue weighted by Crippen LogP contribution is -2.09. The van der Waals surface area contributed by atoms with Crippen molar-refractivity contribution in [1.82, 2.24) is 0 Å². The molecule has 0 spiro atoms. The van der Waals surface area contributed by atoms with Gasteiger partial charge in [0.05, 0.1) is 0 Å². The van der Waals surface area contributed by atoms with E-state index in [4.69, 9.17) is 11.6 Å². The fourth-order valence-corrected chi connectivity index (χ4v) is 3.98. The molecule has 0 aliphatic rings. The second-order valence-electron chi connectivity index (χ2n) is 7.26. The molecule has 5 aromatic carbocycles. The first-order valence-corrected chi connectivity index (χ1v) is 10.4. The van der Waals surface area contributed by atoms with E-state index in [1.165, 1.54) is 16.5 Å². The summed E-state index contributed by atoms with van der Waals surface area (Å²) in [6, 6.07) is 42.1. The van der Waals surface area contributed by atoms with E-state index in [-0.39, 0.29) is 0 Å². The predicted octanol–water partition coefficient (Wildman–Crippen LogP) is 8.63. The Balaban J connectivity index is 1.54. The van der Waals surface area contributed by atoms with Gasteiger partial charge in [-0.2, -0.15) is 0 Å². The zero-order chi connectivity index (χ0) is 20.3. The fraction of sp³-hybridized carbons (Fsp3) is 0. The van der Waals surface area contributed by atoms with Crippen molar-refractivity contribution < 1.29 is 0 Å². The number of hydrogen-bond acceptors (Lipinski definition) is 1. The Labute approximate surface area is 181 Å². The maximum Gasteiger partial charge on any atom is 0.0462 e. The highest BCUT2D eigenvalue weighted by Crippen LogP contribution is 2.35. The Bertz CT molecular complexity index is 1240. The van der Waals surface area contributed by atoms with Crippen molar-refractivity contribution in [2.24, 2.45) is 0 Å². The molecular formula is C28H20ClN. The smallest absolute Gasteiger partial charge is 0.0462 e. The Kier molecular flexibility index (Phi) is 4.96. The maximum atomic E-state index is 6.18. The van der Waals surface area contributed by atoms with E-state index in [9.17, 15) is 0 Å². The van der Waals surface area contributed by atoms with Crippen molar-refractivity contribution in [3.05, 3.63) is 126 Å². The van der Waals surface area contributed by atoms with Crippen LogP contribution in [0.2, 0.25) is 5.02 Å². The van der Waals surface area contributed by atoms with Crippen LogP contribution in [0.1, 0.15) is 0 Å². The molecule has 0 aliphatic carbocycles. The minimum Gasteiger partial charge on any atom is -0.311 e. The average Bonchev–Trinajstić information content (AvgIpc) is 2.81. The number of anilines is 3. The van der Waals surface area contributed by atoms with Crippen LogP contribution in [0.25, 0.3) is 21.9 Å². The first-order valence-electron chi connectivity index (χ1n) is 9.98. The lowest BCUT2D eigenvalue weighted by Gasteiger charge is -2.25. The van der Waals surface area contributed by atoms with Crippen molar-refractivity contribution in [3.8, 4) is 11.1 Å². The topological polar surface area (TPSA) is 3.24 Å². The van der Waals surface area contributed by atoms with Crippen molar-refractivity contribution in [2.45, 2.75) is 0 Å². The molecule has 144 valence electrons. The lowest BCUT2D eigenvalue weighted by atomic mass is 10.0. The monoisotopic (exact) mass is 405 g/mol. The summed E-state index contributed by atoms with van der Waals surface area (Å²) in [6.45, 7) is 0. The number of rotatable bonds is 4. The highest BCUT2D eigenvalue weighted by Gasteiger charge is 2.12. The number of fused-ring (bicyclic) bond motifs is 1. The fourth-order valence-electron chi connectivity index (χ4n) is 3.80. The molecule has 0 aliphatic heterocycles. The molecule has 0 N–H and O–H groups in total. The number of para-hydroxylation sites is 2. The molecule has 0 unspecified atom stereocenters. The lowest BCUT2D eigenvalue weighted by molar-refractivity contribution is 1.28. The van der Waals surface area contributed by atoms with Crippen molar-refractivity contribution in [3.63, 3.8) is 0 Å². The third kappa shape index (κ3) is 3.68. The van der Waals surface area contributed by atoms with Gasteiger partial charge in [0.25, 0.3) is 0 Å². The minimum absolute atomic E-state index is 0.761. The molecule has 1 nitrogen and oxygen atoms in total. The molecule has 0 radical (unpaired) electrons. The predicted molar refractivity (Wildman–Crippen MR) is 129 cm³/mol. The van der Waals surface area contributed by atoms with Crippen molar-refractivity contribution in [2.75, 3.05) is 4.90 Å². The summed E-state index contributed by atoms with van der Waals surface area (Å²) in [7, 11) is 0. The molecule has 0 saturated heterocycles. The van der Waals surface area contributed by atoms with Gasteiger partial charge in [0.2, 0.25) is 0 Å². The molecule has 0 saturated carbocycles. The molecule has 0 amide bonds. The molecule has 0 atom stereocenters. The van der Waals surface area contributed by atoms with E-state index in [0.717, 1.165) is 27.5 Å². The molecular weight excluding hydrogens is 386 g/mol. The van der Waals surface area contributed by atoms with Crippen LogP contribution in [0.5, 0.6) is 0 Å².